The van der Waals surface area contributed by atoms with Crippen LogP contribution in [0, 0.1) is 5.41 Å². The fourth-order valence-corrected chi connectivity index (χ4v) is 10.3. The van der Waals surface area contributed by atoms with Crippen LogP contribution in [-0.2, 0) is 12.8 Å². The third-order valence-corrected chi connectivity index (χ3v) is 11.8. The number of fused-ring (bicyclic) bond motifs is 1. The molecule has 1 heterocycles. The summed E-state index contributed by atoms with van der Waals surface area (Å²) in [5.41, 5.74) is 3.08. The van der Waals surface area contributed by atoms with E-state index in [-0.39, 0.29) is 0 Å². The number of furan rings is 1. The normalized spacial score (nSPS) is 16.0. The van der Waals surface area contributed by atoms with Gasteiger partial charge in [-0.15, -0.1) is 0 Å². The summed E-state index contributed by atoms with van der Waals surface area (Å²) in [6.45, 7) is 7.02. The molecule has 0 saturated carbocycles. The summed E-state index contributed by atoms with van der Waals surface area (Å²) in [7, 11) is -2.45. The zero-order valence-electron chi connectivity index (χ0n) is 19.1. The van der Waals surface area contributed by atoms with E-state index in [1.54, 1.807) is 0 Å². The summed E-state index contributed by atoms with van der Waals surface area (Å²) in [6, 6.07) is 33.2. The summed E-state index contributed by atoms with van der Waals surface area (Å²) in [5, 5.41) is 5.59. The third-order valence-electron chi connectivity index (χ3n) is 6.90. The number of hydrogen-bond acceptors (Lipinski definition) is 1. The second kappa shape index (κ2) is 8.23. The van der Waals surface area contributed by atoms with Gasteiger partial charge in [-0.25, -0.2) is 0 Å². The van der Waals surface area contributed by atoms with Gasteiger partial charge in [0.15, 0.2) is 0 Å². The summed E-state index contributed by atoms with van der Waals surface area (Å²) >= 11 is 0. The quantitative estimate of drug-likeness (QED) is 0.325. The van der Waals surface area contributed by atoms with Gasteiger partial charge in [0.1, 0.15) is 0 Å². The Morgan fingerprint density at radius 2 is 1.22 bits per heavy atom. The first kappa shape index (κ1) is 21.0. The van der Waals surface area contributed by atoms with Crippen molar-refractivity contribution in [3.8, 4) is 0 Å². The molecule has 5 rings (SSSR count). The Morgan fingerprint density at radius 3 is 1.69 bits per heavy atom. The summed E-state index contributed by atoms with van der Waals surface area (Å²) in [5.74, 6) is 1.04. The van der Waals surface area contributed by atoms with Gasteiger partial charge in [-0.1, -0.05) is 0 Å². The Kier molecular flexibility index (Phi) is 5.39. The number of rotatable bonds is 5. The maximum atomic E-state index is 6.15. The van der Waals surface area contributed by atoms with Gasteiger partial charge in [0, 0.05) is 0 Å². The molecule has 0 saturated heterocycles. The Morgan fingerprint density at radius 1 is 0.750 bits per heavy atom. The summed E-state index contributed by atoms with van der Waals surface area (Å²) in [4.78, 5) is 0. The predicted molar refractivity (Wildman–Crippen MR) is 140 cm³/mol. The van der Waals surface area contributed by atoms with Crippen LogP contribution < -0.4 is 15.9 Å². The van der Waals surface area contributed by atoms with E-state index in [0.29, 0.717) is 5.41 Å². The summed E-state index contributed by atoms with van der Waals surface area (Å²) in [6.07, 6.45) is 6.51. The van der Waals surface area contributed by atoms with E-state index in [9.17, 15) is 0 Å². The van der Waals surface area contributed by atoms with Crippen molar-refractivity contribution in [2.24, 2.45) is 5.41 Å². The van der Waals surface area contributed by atoms with Crippen molar-refractivity contribution in [1.82, 2.24) is 0 Å². The van der Waals surface area contributed by atoms with Crippen molar-refractivity contribution in [2.75, 3.05) is 0 Å². The standard InChI is InChI=1S/C30H31OP/c1-23(19-29-28-21-30(2,3)20-24(28)22-31-29)32(25-13-7-4-8-14-25,26-15-9-5-10-16-26)27-17-11-6-12-18-27/h4-19,22,32H,20-21H2,1-3H3/b23-19+. The van der Waals surface area contributed by atoms with Crippen LogP contribution in [-0.4, -0.2) is 0 Å². The van der Waals surface area contributed by atoms with Crippen LogP contribution in [0.25, 0.3) is 6.08 Å². The van der Waals surface area contributed by atoms with Crippen LogP contribution in [0.4, 0.5) is 0 Å². The molecule has 32 heavy (non-hydrogen) atoms. The molecule has 162 valence electrons. The van der Waals surface area contributed by atoms with E-state index in [1.807, 2.05) is 6.26 Å². The zero-order valence-corrected chi connectivity index (χ0v) is 20.1. The fraction of sp³-hybridized carbons (Fsp3) is 0.200. The first-order valence-electron chi connectivity index (χ1n) is 11.5. The molecule has 0 fully saturated rings. The Labute approximate surface area is 192 Å². The van der Waals surface area contributed by atoms with Gasteiger partial charge in [0.2, 0.25) is 0 Å². The second-order valence-electron chi connectivity index (χ2n) is 9.80. The van der Waals surface area contributed by atoms with Crippen molar-refractivity contribution in [3.63, 3.8) is 0 Å². The molecule has 0 atom stereocenters. The molecule has 0 aliphatic heterocycles. The molecule has 2 heteroatoms. The molecule has 0 radical (unpaired) electrons. The third kappa shape index (κ3) is 3.55. The molecular weight excluding hydrogens is 407 g/mol. The summed E-state index contributed by atoms with van der Waals surface area (Å²) < 4.78 is 6.15. The SMILES string of the molecule is C/C(=C\c1occ2c1CC(C)(C)C2)[PH](c1ccccc1)(c1ccccc1)c1ccccc1. The predicted octanol–water partition coefficient (Wildman–Crippen LogP) is 6.49. The van der Waals surface area contributed by atoms with Gasteiger partial charge in [0.25, 0.3) is 0 Å². The van der Waals surface area contributed by atoms with Gasteiger partial charge in [0.05, 0.1) is 0 Å². The van der Waals surface area contributed by atoms with Gasteiger partial charge in [-0.3, -0.25) is 0 Å². The van der Waals surface area contributed by atoms with Crippen LogP contribution in [0.2, 0.25) is 0 Å². The molecule has 1 aliphatic carbocycles. The number of hydrogen-bond donors (Lipinski definition) is 0. The van der Waals surface area contributed by atoms with E-state index in [0.717, 1.165) is 18.6 Å². The zero-order chi connectivity index (χ0) is 22.2. The molecule has 0 N–H and O–H groups in total. The minimum atomic E-state index is -2.45. The Bertz CT molecular complexity index is 1140. The minimum absolute atomic E-state index is 0.310. The Hall–Kier alpha value is -2.89. The maximum absolute atomic E-state index is 6.15. The molecule has 0 spiro atoms. The van der Waals surface area contributed by atoms with Crippen molar-refractivity contribution >= 4 is 29.3 Å². The van der Waals surface area contributed by atoms with E-state index >= 15 is 0 Å². The average Bonchev–Trinajstić information content (AvgIpc) is 3.32. The molecule has 0 bridgehead atoms. The van der Waals surface area contributed by atoms with Gasteiger partial charge >= 0.3 is 192 Å². The first-order chi connectivity index (χ1) is 15.5. The number of benzene rings is 3. The van der Waals surface area contributed by atoms with E-state index < -0.39 is 7.26 Å². The Balaban J connectivity index is 1.77. The molecule has 0 amide bonds. The topological polar surface area (TPSA) is 13.1 Å². The fourth-order valence-electron chi connectivity index (χ4n) is 5.51. The second-order valence-corrected chi connectivity index (χ2v) is 13.8. The number of allylic oxidation sites excluding steroid dienone is 1. The van der Waals surface area contributed by atoms with E-state index in [4.69, 9.17) is 4.42 Å². The van der Waals surface area contributed by atoms with Crippen molar-refractivity contribution < 1.29 is 4.42 Å². The van der Waals surface area contributed by atoms with Gasteiger partial charge in [-0.2, -0.15) is 0 Å². The van der Waals surface area contributed by atoms with E-state index in [1.165, 1.54) is 32.4 Å². The average molecular weight is 439 g/mol. The monoisotopic (exact) mass is 438 g/mol. The van der Waals surface area contributed by atoms with Crippen LogP contribution in [0.1, 0.15) is 37.7 Å². The van der Waals surface area contributed by atoms with Gasteiger partial charge in [-0.05, 0) is 0 Å². The van der Waals surface area contributed by atoms with Crippen LogP contribution in [0.15, 0.2) is 107 Å². The molecule has 1 aliphatic rings. The van der Waals surface area contributed by atoms with Crippen LogP contribution >= 0.6 is 7.26 Å². The van der Waals surface area contributed by atoms with Crippen LogP contribution in [0.5, 0.6) is 0 Å². The van der Waals surface area contributed by atoms with Crippen molar-refractivity contribution in [1.29, 1.82) is 0 Å². The van der Waals surface area contributed by atoms with Crippen molar-refractivity contribution in [2.45, 2.75) is 33.6 Å². The molecular formula is C30H31OP. The van der Waals surface area contributed by atoms with Crippen LogP contribution in [0.3, 0.4) is 0 Å². The molecule has 1 nitrogen and oxygen atoms in total. The molecule has 0 unspecified atom stereocenters. The molecule has 3 aromatic carbocycles. The molecule has 1 aromatic heterocycles. The molecule has 4 aromatic rings. The first-order valence-corrected chi connectivity index (χ1v) is 13.5. The van der Waals surface area contributed by atoms with Crippen molar-refractivity contribution in [3.05, 3.63) is 119 Å². The van der Waals surface area contributed by atoms with Gasteiger partial charge < -0.3 is 0 Å². The van der Waals surface area contributed by atoms with E-state index in [2.05, 4.69) is 118 Å².